The minimum atomic E-state index is -3.65. The molecule has 1 aliphatic heterocycles. The van der Waals surface area contributed by atoms with Crippen LogP contribution in [0.5, 0.6) is 0 Å². The van der Waals surface area contributed by atoms with Gasteiger partial charge in [-0.25, -0.2) is 16.8 Å². The molecule has 2 rings (SSSR count). The van der Waals surface area contributed by atoms with E-state index in [0.29, 0.717) is 19.5 Å². The summed E-state index contributed by atoms with van der Waals surface area (Å²) in [7, 11) is -5.20. The fourth-order valence-electron chi connectivity index (χ4n) is 2.95. The van der Waals surface area contributed by atoms with Gasteiger partial charge in [-0.05, 0) is 24.6 Å². The second-order valence-corrected chi connectivity index (χ2v) is 10.3. The molecule has 0 aliphatic carbocycles. The van der Waals surface area contributed by atoms with Crippen LogP contribution < -0.4 is 0 Å². The first-order valence-corrected chi connectivity index (χ1v) is 11.5. The monoisotopic (exact) mass is 388 g/mol. The van der Waals surface area contributed by atoms with Crippen molar-refractivity contribution in [3.05, 3.63) is 29.8 Å². The fourth-order valence-corrected chi connectivity index (χ4v) is 6.23. The Balaban J connectivity index is 2.28. The van der Waals surface area contributed by atoms with Crippen molar-refractivity contribution in [2.75, 3.05) is 31.6 Å². The Labute approximate surface area is 149 Å². The third-order valence-corrected chi connectivity index (χ3v) is 8.30. The highest BCUT2D eigenvalue weighted by Gasteiger charge is 2.33. The summed E-state index contributed by atoms with van der Waals surface area (Å²) in [6.45, 7) is 4.20. The number of amides is 1. The lowest BCUT2D eigenvalue weighted by Gasteiger charge is -2.24. The van der Waals surface area contributed by atoms with Crippen LogP contribution in [0.15, 0.2) is 29.2 Å². The van der Waals surface area contributed by atoms with E-state index in [4.69, 9.17) is 0 Å². The molecule has 0 N–H and O–H groups in total. The minimum absolute atomic E-state index is 0.0489. The smallest absolute Gasteiger partial charge is 0.253 e. The Morgan fingerprint density at radius 2 is 1.88 bits per heavy atom. The first-order chi connectivity index (χ1) is 11.6. The van der Waals surface area contributed by atoms with E-state index >= 15 is 0 Å². The maximum absolute atomic E-state index is 12.7. The molecule has 1 aliphatic rings. The molecule has 1 atom stereocenters. The second kappa shape index (κ2) is 7.43. The molecule has 1 aromatic rings. The third kappa shape index (κ3) is 4.21. The molecule has 0 spiro atoms. The molecule has 1 aromatic carbocycles. The van der Waals surface area contributed by atoms with E-state index in [1.807, 2.05) is 0 Å². The molecule has 25 heavy (non-hydrogen) atoms. The summed E-state index contributed by atoms with van der Waals surface area (Å²) in [5, 5.41) is 0. The number of hydrogen-bond donors (Lipinski definition) is 0. The van der Waals surface area contributed by atoms with Crippen molar-refractivity contribution in [1.82, 2.24) is 9.21 Å². The van der Waals surface area contributed by atoms with E-state index in [1.54, 1.807) is 27.0 Å². The van der Waals surface area contributed by atoms with Crippen LogP contribution in [0, 0.1) is 0 Å². The van der Waals surface area contributed by atoms with Crippen molar-refractivity contribution in [2.45, 2.75) is 31.2 Å². The predicted octanol–water partition coefficient (Wildman–Crippen LogP) is 0.976. The number of rotatable bonds is 6. The van der Waals surface area contributed by atoms with Crippen LogP contribution in [0.3, 0.4) is 0 Å². The van der Waals surface area contributed by atoms with Gasteiger partial charge in [0.05, 0.1) is 16.4 Å². The maximum Gasteiger partial charge on any atom is 0.253 e. The normalized spacial score (nSPS) is 19.9. The number of sulfonamides is 1. The van der Waals surface area contributed by atoms with Crippen LogP contribution in [0.2, 0.25) is 0 Å². The number of benzene rings is 1. The average Bonchev–Trinajstić information content (AvgIpc) is 2.94. The van der Waals surface area contributed by atoms with Gasteiger partial charge in [0.1, 0.15) is 0 Å². The van der Waals surface area contributed by atoms with Gasteiger partial charge in [-0.2, -0.15) is 4.31 Å². The van der Waals surface area contributed by atoms with E-state index in [0.717, 1.165) is 0 Å². The summed E-state index contributed by atoms with van der Waals surface area (Å²) in [5.41, 5.74) is 0.236. The van der Waals surface area contributed by atoms with Crippen LogP contribution in [-0.2, 0) is 19.9 Å². The quantitative estimate of drug-likeness (QED) is 0.724. The van der Waals surface area contributed by atoms with Gasteiger partial charge in [0, 0.05) is 31.7 Å². The highest BCUT2D eigenvalue weighted by Crippen LogP contribution is 2.21. The molecular weight excluding hydrogens is 364 g/mol. The van der Waals surface area contributed by atoms with Crippen LogP contribution in [0.1, 0.15) is 30.6 Å². The van der Waals surface area contributed by atoms with Crippen molar-refractivity contribution in [1.29, 1.82) is 0 Å². The van der Waals surface area contributed by atoms with E-state index < -0.39 is 19.9 Å². The number of carbonyl (C=O) groups excluding carboxylic acids is 1. The minimum Gasteiger partial charge on any atom is -0.338 e. The molecule has 1 unspecified atom stereocenters. The molecule has 1 fully saturated rings. The highest BCUT2D eigenvalue weighted by atomic mass is 32.2. The van der Waals surface area contributed by atoms with Crippen molar-refractivity contribution < 1.29 is 21.6 Å². The molecule has 0 aromatic heterocycles. The summed E-state index contributed by atoms with van der Waals surface area (Å²) in [4.78, 5) is 14.1. The third-order valence-electron chi connectivity index (χ3n) is 4.50. The average molecular weight is 389 g/mol. The Hall–Kier alpha value is -1.45. The standard InChI is InChI=1S/C16H24N2O5S2/c1-4-18(5-2)25(22,23)15-8-6-7-13(11-15)16(19)17(3)14-9-10-24(20,21)12-14/h6-8,11,14H,4-5,9-10,12H2,1-3H3. The van der Waals surface area contributed by atoms with Crippen molar-refractivity contribution in [2.24, 2.45) is 0 Å². The summed E-state index contributed by atoms with van der Waals surface area (Å²) in [6.07, 6.45) is 0.405. The van der Waals surface area contributed by atoms with Gasteiger partial charge >= 0.3 is 0 Å². The van der Waals surface area contributed by atoms with Gasteiger partial charge in [-0.1, -0.05) is 19.9 Å². The Morgan fingerprint density at radius 1 is 1.24 bits per heavy atom. The van der Waals surface area contributed by atoms with Gasteiger partial charge in [0.2, 0.25) is 10.0 Å². The molecule has 0 radical (unpaired) electrons. The fraction of sp³-hybridized carbons (Fsp3) is 0.562. The largest absolute Gasteiger partial charge is 0.338 e. The molecular formula is C16H24N2O5S2. The molecule has 9 heteroatoms. The van der Waals surface area contributed by atoms with Crippen LogP contribution >= 0.6 is 0 Å². The number of hydrogen-bond acceptors (Lipinski definition) is 5. The van der Waals surface area contributed by atoms with E-state index in [-0.39, 0.29) is 33.9 Å². The topological polar surface area (TPSA) is 91.8 Å². The zero-order valence-electron chi connectivity index (χ0n) is 14.7. The summed E-state index contributed by atoms with van der Waals surface area (Å²) < 4.78 is 49.7. The van der Waals surface area contributed by atoms with Crippen LogP contribution in [0.25, 0.3) is 0 Å². The van der Waals surface area contributed by atoms with Gasteiger partial charge in [0.15, 0.2) is 9.84 Å². The van der Waals surface area contributed by atoms with Gasteiger partial charge < -0.3 is 4.90 Å². The molecule has 1 amide bonds. The van der Waals surface area contributed by atoms with Gasteiger partial charge in [0.25, 0.3) is 5.91 Å². The van der Waals surface area contributed by atoms with Crippen molar-refractivity contribution in [3.63, 3.8) is 0 Å². The molecule has 0 bridgehead atoms. The van der Waals surface area contributed by atoms with Gasteiger partial charge in [-0.3, -0.25) is 4.79 Å². The highest BCUT2D eigenvalue weighted by molar-refractivity contribution is 7.91. The zero-order chi connectivity index (χ0) is 18.8. The molecule has 140 valence electrons. The summed E-state index contributed by atoms with van der Waals surface area (Å²) in [6, 6.07) is 5.52. The molecule has 0 saturated carbocycles. The number of carbonyl (C=O) groups is 1. The van der Waals surface area contributed by atoms with E-state index in [2.05, 4.69) is 0 Å². The van der Waals surface area contributed by atoms with Crippen LogP contribution in [0.4, 0.5) is 0 Å². The summed E-state index contributed by atoms with van der Waals surface area (Å²) in [5.74, 6) is -0.350. The predicted molar refractivity (Wildman–Crippen MR) is 95.7 cm³/mol. The first kappa shape index (κ1) is 19.9. The first-order valence-electron chi connectivity index (χ1n) is 8.20. The van der Waals surface area contributed by atoms with Crippen molar-refractivity contribution >= 4 is 25.8 Å². The Kier molecular flexibility index (Phi) is 5.90. The Morgan fingerprint density at radius 3 is 2.40 bits per heavy atom. The number of nitrogens with zero attached hydrogens (tertiary/aromatic N) is 2. The SMILES string of the molecule is CCN(CC)S(=O)(=O)c1cccc(C(=O)N(C)C2CCS(=O)(=O)C2)c1. The summed E-state index contributed by atoms with van der Waals surface area (Å²) >= 11 is 0. The lowest BCUT2D eigenvalue weighted by molar-refractivity contribution is 0.0747. The Bertz CT molecular complexity index is 845. The second-order valence-electron chi connectivity index (χ2n) is 6.09. The molecule has 1 saturated heterocycles. The van der Waals surface area contributed by atoms with E-state index in [1.165, 1.54) is 27.4 Å². The lowest BCUT2D eigenvalue weighted by Crippen LogP contribution is -2.38. The lowest BCUT2D eigenvalue weighted by atomic mass is 10.1. The van der Waals surface area contributed by atoms with Gasteiger partial charge in [-0.15, -0.1) is 0 Å². The molecule has 7 nitrogen and oxygen atoms in total. The number of sulfone groups is 1. The van der Waals surface area contributed by atoms with Crippen LogP contribution in [-0.4, -0.2) is 69.6 Å². The maximum atomic E-state index is 12.7. The zero-order valence-corrected chi connectivity index (χ0v) is 16.3. The van der Waals surface area contributed by atoms with E-state index in [9.17, 15) is 21.6 Å². The molecule has 1 heterocycles. The van der Waals surface area contributed by atoms with Crippen molar-refractivity contribution in [3.8, 4) is 0 Å².